The van der Waals surface area contributed by atoms with Crippen molar-refractivity contribution in [3.8, 4) is 0 Å². The molecule has 4 rings (SSSR count). The van der Waals surface area contributed by atoms with Crippen LogP contribution < -0.4 is 16.0 Å². The number of benzene rings is 1. The van der Waals surface area contributed by atoms with E-state index in [9.17, 15) is 19.7 Å². The number of anilines is 2. The van der Waals surface area contributed by atoms with Crippen molar-refractivity contribution in [2.75, 3.05) is 23.3 Å². The Morgan fingerprint density at radius 3 is 2.70 bits per heavy atom. The molecule has 9 heteroatoms. The third kappa shape index (κ3) is 3.77. The van der Waals surface area contributed by atoms with Crippen LogP contribution in [0.3, 0.4) is 0 Å². The third-order valence-electron chi connectivity index (χ3n) is 5.87. The second kappa shape index (κ2) is 8.06. The molecule has 1 saturated heterocycles. The monoisotopic (exact) mass is 428 g/mol. The van der Waals surface area contributed by atoms with Gasteiger partial charge in [0.25, 0.3) is 17.5 Å². The number of nitrogens with two attached hydrogens (primary N) is 1. The van der Waals surface area contributed by atoms with Crippen molar-refractivity contribution in [2.24, 2.45) is 11.7 Å². The summed E-state index contributed by atoms with van der Waals surface area (Å²) in [5.41, 5.74) is 7.54. The lowest BCUT2D eigenvalue weighted by Gasteiger charge is -2.18. The number of nitro benzene ring substituents is 1. The maximum Gasteiger partial charge on any atom is 0.293 e. The molecule has 30 heavy (non-hydrogen) atoms. The average Bonchev–Trinajstić information content (AvgIpc) is 3.34. The van der Waals surface area contributed by atoms with E-state index in [2.05, 4.69) is 12.2 Å². The van der Waals surface area contributed by atoms with E-state index >= 15 is 0 Å². The van der Waals surface area contributed by atoms with Gasteiger partial charge in [0, 0.05) is 29.6 Å². The fourth-order valence-corrected chi connectivity index (χ4v) is 5.72. The molecule has 1 aromatic heterocycles. The van der Waals surface area contributed by atoms with Gasteiger partial charge in [-0.05, 0) is 55.7 Å². The molecule has 1 atom stereocenters. The van der Waals surface area contributed by atoms with Crippen molar-refractivity contribution in [3.05, 3.63) is 49.9 Å². The smallest absolute Gasteiger partial charge is 0.293 e. The molecule has 8 nitrogen and oxygen atoms in total. The van der Waals surface area contributed by atoms with Crippen molar-refractivity contribution in [1.82, 2.24) is 0 Å². The number of thiophene rings is 1. The van der Waals surface area contributed by atoms with Gasteiger partial charge in [-0.1, -0.05) is 6.92 Å². The molecule has 3 N–H and O–H groups in total. The summed E-state index contributed by atoms with van der Waals surface area (Å²) in [6.45, 7) is 3.70. The van der Waals surface area contributed by atoms with Gasteiger partial charge in [-0.15, -0.1) is 11.3 Å². The lowest BCUT2D eigenvalue weighted by molar-refractivity contribution is -0.384. The van der Waals surface area contributed by atoms with E-state index < -0.39 is 16.7 Å². The summed E-state index contributed by atoms with van der Waals surface area (Å²) in [4.78, 5) is 39.2. The van der Waals surface area contributed by atoms with Crippen LogP contribution in [0.1, 0.15) is 57.3 Å². The Hall–Kier alpha value is -2.94. The summed E-state index contributed by atoms with van der Waals surface area (Å²) in [7, 11) is 0. The number of rotatable bonds is 5. The molecule has 2 heterocycles. The zero-order valence-corrected chi connectivity index (χ0v) is 17.6. The van der Waals surface area contributed by atoms with Crippen LogP contribution in [0.15, 0.2) is 18.2 Å². The Bertz CT molecular complexity index is 1030. The standard InChI is InChI=1S/C21H24N4O4S/c1-12-4-6-14-17(10-12)30-21(18(14)19(22)26)23-20(27)13-5-7-15(16(11-13)25(28)29)24-8-2-3-9-24/h5,7,11-12H,2-4,6,8-10H2,1H3,(H2,22,26)(H,23,27). The van der Waals surface area contributed by atoms with E-state index in [4.69, 9.17) is 5.73 Å². The minimum Gasteiger partial charge on any atom is -0.366 e. The van der Waals surface area contributed by atoms with Crippen LogP contribution in [0, 0.1) is 16.0 Å². The number of fused-ring (bicyclic) bond motifs is 1. The number of amides is 2. The van der Waals surface area contributed by atoms with Gasteiger partial charge in [0.1, 0.15) is 10.7 Å². The van der Waals surface area contributed by atoms with Gasteiger partial charge in [-0.2, -0.15) is 0 Å². The molecule has 0 radical (unpaired) electrons. The Morgan fingerprint density at radius 1 is 1.30 bits per heavy atom. The van der Waals surface area contributed by atoms with Crippen LogP contribution in [0.2, 0.25) is 0 Å². The minimum atomic E-state index is -0.562. The van der Waals surface area contributed by atoms with Crippen LogP contribution in [0.4, 0.5) is 16.4 Å². The molecule has 158 valence electrons. The molecule has 0 bridgehead atoms. The SMILES string of the molecule is CC1CCc2c(sc(NC(=O)c3ccc(N4CCCC4)c([N+](=O)[O-])c3)c2C(N)=O)C1. The number of carbonyl (C=O) groups is 2. The number of hydrogen-bond acceptors (Lipinski definition) is 6. The first kappa shape index (κ1) is 20.3. The number of carbonyl (C=O) groups excluding carboxylic acids is 2. The Morgan fingerprint density at radius 2 is 2.03 bits per heavy atom. The highest BCUT2D eigenvalue weighted by molar-refractivity contribution is 7.17. The Balaban J connectivity index is 1.64. The maximum absolute atomic E-state index is 12.9. The van der Waals surface area contributed by atoms with Crippen LogP contribution in [0.5, 0.6) is 0 Å². The van der Waals surface area contributed by atoms with E-state index in [1.807, 2.05) is 4.90 Å². The van der Waals surface area contributed by atoms with Gasteiger partial charge in [0.2, 0.25) is 0 Å². The zero-order chi connectivity index (χ0) is 21.4. The van der Waals surface area contributed by atoms with Crippen LogP contribution in [0.25, 0.3) is 0 Å². The van der Waals surface area contributed by atoms with Crippen molar-refractivity contribution in [1.29, 1.82) is 0 Å². The van der Waals surface area contributed by atoms with E-state index in [1.54, 1.807) is 12.1 Å². The average molecular weight is 429 g/mol. The first-order valence-corrected chi connectivity index (χ1v) is 11.0. The molecule has 0 spiro atoms. The summed E-state index contributed by atoms with van der Waals surface area (Å²) in [6, 6.07) is 4.53. The highest BCUT2D eigenvalue weighted by atomic mass is 32.1. The van der Waals surface area contributed by atoms with Crippen LogP contribution in [-0.2, 0) is 12.8 Å². The highest BCUT2D eigenvalue weighted by Crippen LogP contribution is 2.40. The van der Waals surface area contributed by atoms with Crippen molar-refractivity contribution < 1.29 is 14.5 Å². The fourth-order valence-electron chi connectivity index (χ4n) is 4.31. The first-order chi connectivity index (χ1) is 14.3. The molecule has 1 unspecified atom stereocenters. The van der Waals surface area contributed by atoms with Gasteiger partial charge in [0.15, 0.2) is 0 Å². The summed E-state index contributed by atoms with van der Waals surface area (Å²) < 4.78 is 0. The van der Waals surface area contributed by atoms with Crippen molar-refractivity contribution in [2.45, 2.75) is 39.0 Å². The van der Waals surface area contributed by atoms with Gasteiger partial charge in [0.05, 0.1) is 10.5 Å². The lowest BCUT2D eigenvalue weighted by atomic mass is 9.88. The van der Waals surface area contributed by atoms with Gasteiger partial charge < -0.3 is 16.0 Å². The summed E-state index contributed by atoms with van der Waals surface area (Å²) in [5.74, 6) is -0.533. The summed E-state index contributed by atoms with van der Waals surface area (Å²) >= 11 is 1.38. The molecule has 2 aliphatic rings. The molecular formula is C21H24N4O4S. The van der Waals surface area contributed by atoms with Crippen molar-refractivity contribution in [3.63, 3.8) is 0 Å². The zero-order valence-electron chi connectivity index (χ0n) is 16.8. The quantitative estimate of drug-likeness (QED) is 0.556. The Kier molecular flexibility index (Phi) is 5.46. The number of nitrogens with one attached hydrogen (secondary N) is 1. The minimum absolute atomic E-state index is 0.0843. The third-order valence-corrected chi connectivity index (χ3v) is 7.04. The summed E-state index contributed by atoms with van der Waals surface area (Å²) in [5, 5.41) is 14.8. The topological polar surface area (TPSA) is 119 Å². The predicted octanol–water partition coefficient (Wildman–Crippen LogP) is 3.73. The number of hydrogen-bond donors (Lipinski definition) is 2. The molecule has 1 aliphatic heterocycles. The molecule has 2 amide bonds. The van der Waals surface area contributed by atoms with Crippen LogP contribution >= 0.6 is 11.3 Å². The van der Waals surface area contributed by atoms with E-state index in [0.29, 0.717) is 22.2 Å². The number of nitro groups is 1. The number of nitrogens with zero attached hydrogens (tertiary/aromatic N) is 2. The van der Waals surface area contributed by atoms with Gasteiger partial charge >= 0.3 is 0 Å². The van der Waals surface area contributed by atoms with Crippen LogP contribution in [-0.4, -0.2) is 29.8 Å². The normalized spacial score (nSPS) is 18.2. The largest absolute Gasteiger partial charge is 0.366 e. The predicted molar refractivity (Wildman–Crippen MR) is 117 cm³/mol. The van der Waals surface area contributed by atoms with E-state index in [-0.39, 0.29) is 11.3 Å². The van der Waals surface area contributed by atoms with Crippen molar-refractivity contribution >= 4 is 39.5 Å². The number of primary amides is 1. The molecule has 0 saturated carbocycles. The van der Waals surface area contributed by atoms with Gasteiger partial charge in [-0.25, -0.2) is 0 Å². The fraction of sp³-hybridized carbons (Fsp3) is 0.429. The van der Waals surface area contributed by atoms with E-state index in [1.165, 1.54) is 17.4 Å². The first-order valence-electron chi connectivity index (χ1n) is 10.1. The molecule has 1 aliphatic carbocycles. The second-order valence-electron chi connectivity index (χ2n) is 8.03. The van der Waals surface area contributed by atoms with E-state index in [0.717, 1.165) is 55.6 Å². The summed E-state index contributed by atoms with van der Waals surface area (Å²) in [6.07, 6.45) is 4.58. The molecule has 1 aromatic carbocycles. The second-order valence-corrected chi connectivity index (χ2v) is 9.13. The molecular weight excluding hydrogens is 404 g/mol. The molecule has 2 aromatic rings. The maximum atomic E-state index is 12.9. The molecule has 1 fully saturated rings. The van der Waals surface area contributed by atoms with Gasteiger partial charge in [-0.3, -0.25) is 19.7 Å². The highest BCUT2D eigenvalue weighted by Gasteiger charge is 2.28. The Labute approximate surface area is 178 Å². The lowest BCUT2D eigenvalue weighted by Crippen LogP contribution is -2.20.